The predicted molar refractivity (Wildman–Crippen MR) is 86.5 cm³/mol. The summed E-state index contributed by atoms with van der Waals surface area (Å²) in [4.78, 5) is 0. The highest BCUT2D eigenvalue weighted by atomic mass is 16.3. The molecule has 0 rings (SSSR count). The predicted octanol–water partition coefficient (Wildman–Crippen LogP) is 6.01. The maximum Gasteiger partial charge on any atom is 0.0574 e. The summed E-state index contributed by atoms with van der Waals surface area (Å²) in [6.07, 6.45) is 20.5. The van der Waals surface area contributed by atoms with E-state index in [2.05, 4.69) is 26.0 Å². The average molecular weight is 268 g/mol. The molecule has 0 saturated heterocycles. The maximum atomic E-state index is 9.84. The van der Waals surface area contributed by atoms with Crippen LogP contribution in [0.15, 0.2) is 12.2 Å². The van der Waals surface area contributed by atoms with Gasteiger partial charge in [-0.25, -0.2) is 0 Å². The highest BCUT2D eigenvalue weighted by Gasteiger charge is 2.00. The van der Waals surface area contributed by atoms with Gasteiger partial charge in [-0.1, -0.05) is 83.8 Å². The van der Waals surface area contributed by atoms with Crippen molar-refractivity contribution < 1.29 is 5.11 Å². The Morgan fingerprint density at radius 2 is 1.32 bits per heavy atom. The summed E-state index contributed by atoms with van der Waals surface area (Å²) in [6.45, 7) is 4.49. The molecule has 1 heteroatoms. The first-order chi connectivity index (χ1) is 9.31. The fourth-order valence-corrected chi connectivity index (χ4v) is 2.34. The van der Waals surface area contributed by atoms with Crippen LogP contribution >= 0.6 is 0 Å². The zero-order valence-corrected chi connectivity index (χ0v) is 13.4. The largest absolute Gasteiger partial charge is 0.393 e. The Kier molecular flexibility index (Phi) is 15.5. The molecule has 0 fully saturated rings. The zero-order chi connectivity index (χ0) is 14.2. The van der Waals surface area contributed by atoms with Crippen molar-refractivity contribution in [1.29, 1.82) is 0 Å². The van der Waals surface area contributed by atoms with Crippen molar-refractivity contribution in [3.63, 3.8) is 0 Å². The Morgan fingerprint density at radius 1 is 0.737 bits per heavy atom. The smallest absolute Gasteiger partial charge is 0.0574 e. The van der Waals surface area contributed by atoms with Gasteiger partial charge in [0, 0.05) is 0 Å². The van der Waals surface area contributed by atoms with Crippen molar-refractivity contribution >= 4 is 0 Å². The number of unbranched alkanes of at least 4 members (excludes halogenated alkanes) is 9. The van der Waals surface area contributed by atoms with Crippen LogP contribution in [-0.4, -0.2) is 11.2 Å². The summed E-state index contributed by atoms with van der Waals surface area (Å²) in [6, 6.07) is 0. The lowest BCUT2D eigenvalue weighted by Crippen LogP contribution is -2.04. The maximum absolute atomic E-state index is 9.84. The first kappa shape index (κ1) is 18.7. The minimum absolute atomic E-state index is 0.113. The van der Waals surface area contributed by atoms with Crippen molar-refractivity contribution in [3.05, 3.63) is 12.2 Å². The van der Waals surface area contributed by atoms with E-state index in [9.17, 15) is 5.11 Å². The van der Waals surface area contributed by atoms with E-state index in [4.69, 9.17) is 0 Å². The molecule has 1 N–H and O–H groups in total. The van der Waals surface area contributed by atoms with Crippen LogP contribution in [0.25, 0.3) is 0 Å². The number of hydrogen-bond acceptors (Lipinski definition) is 1. The molecular formula is C18H36O. The third kappa shape index (κ3) is 15.6. The number of aliphatic hydroxyl groups is 1. The molecule has 0 aliphatic heterocycles. The van der Waals surface area contributed by atoms with E-state index in [1.165, 1.54) is 70.6 Å². The lowest BCUT2D eigenvalue weighted by molar-refractivity contribution is 0.163. The molecule has 1 unspecified atom stereocenters. The lowest BCUT2D eigenvalue weighted by atomic mass is 10.0. The summed E-state index contributed by atoms with van der Waals surface area (Å²) < 4.78 is 0. The van der Waals surface area contributed by atoms with Crippen LogP contribution in [-0.2, 0) is 0 Å². The Hall–Kier alpha value is -0.300. The molecule has 0 spiro atoms. The summed E-state index contributed by atoms with van der Waals surface area (Å²) in [5.41, 5.74) is 0. The molecule has 0 bridgehead atoms. The van der Waals surface area contributed by atoms with Gasteiger partial charge in [0.05, 0.1) is 6.10 Å². The van der Waals surface area contributed by atoms with Crippen molar-refractivity contribution in [2.45, 2.75) is 103 Å². The Bertz CT molecular complexity index is 186. The summed E-state index contributed by atoms with van der Waals surface area (Å²) in [7, 11) is 0. The molecule has 0 aromatic carbocycles. The van der Waals surface area contributed by atoms with Crippen LogP contribution in [0.1, 0.15) is 97.3 Å². The van der Waals surface area contributed by atoms with E-state index in [1.54, 1.807) is 0 Å². The summed E-state index contributed by atoms with van der Waals surface area (Å²) in [5, 5.41) is 9.84. The standard InChI is InChI=1S/C18H36O/c1-3-5-7-9-11-13-15-17-18(19)16-14-12-10-8-6-4-2/h12,14,18-19H,3-11,13,15-17H2,1-2H3/b14-12-. The number of rotatable bonds is 14. The van der Waals surface area contributed by atoms with Gasteiger partial charge in [-0.3, -0.25) is 0 Å². The molecule has 1 atom stereocenters. The summed E-state index contributed by atoms with van der Waals surface area (Å²) >= 11 is 0. The second-order valence-corrected chi connectivity index (χ2v) is 5.77. The van der Waals surface area contributed by atoms with Gasteiger partial charge in [-0.15, -0.1) is 0 Å². The highest BCUT2D eigenvalue weighted by molar-refractivity contribution is 4.83. The molecule has 114 valence electrons. The van der Waals surface area contributed by atoms with Crippen LogP contribution in [0.3, 0.4) is 0 Å². The molecule has 0 aromatic heterocycles. The molecule has 0 aromatic rings. The van der Waals surface area contributed by atoms with E-state index >= 15 is 0 Å². The van der Waals surface area contributed by atoms with Gasteiger partial charge in [-0.2, -0.15) is 0 Å². The van der Waals surface area contributed by atoms with E-state index in [1.807, 2.05) is 0 Å². The van der Waals surface area contributed by atoms with Gasteiger partial charge in [0.25, 0.3) is 0 Å². The third-order valence-electron chi connectivity index (χ3n) is 3.69. The van der Waals surface area contributed by atoms with Crippen LogP contribution in [0, 0.1) is 0 Å². The molecule has 19 heavy (non-hydrogen) atoms. The minimum atomic E-state index is -0.113. The van der Waals surface area contributed by atoms with Crippen LogP contribution < -0.4 is 0 Å². The first-order valence-electron chi connectivity index (χ1n) is 8.64. The fraction of sp³-hybridized carbons (Fsp3) is 0.889. The normalized spacial score (nSPS) is 13.2. The highest BCUT2D eigenvalue weighted by Crippen LogP contribution is 2.11. The van der Waals surface area contributed by atoms with E-state index in [-0.39, 0.29) is 6.10 Å². The second-order valence-electron chi connectivity index (χ2n) is 5.77. The van der Waals surface area contributed by atoms with Crippen molar-refractivity contribution in [2.75, 3.05) is 0 Å². The second kappa shape index (κ2) is 15.8. The lowest BCUT2D eigenvalue weighted by Gasteiger charge is -2.07. The fourth-order valence-electron chi connectivity index (χ4n) is 2.34. The molecule has 1 nitrogen and oxygen atoms in total. The molecular weight excluding hydrogens is 232 g/mol. The monoisotopic (exact) mass is 268 g/mol. The zero-order valence-electron chi connectivity index (χ0n) is 13.4. The van der Waals surface area contributed by atoms with Crippen molar-refractivity contribution in [2.24, 2.45) is 0 Å². The Balaban J connectivity index is 3.22. The molecule has 0 saturated carbocycles. The van der Waals surface area contributed by atoms with Crippen molar-refractivity contribution in [1.82, 2.24) is 0 Å². The number of allylic oxidation sites excluding steroid dienone is 1. The molecule has 0 amide bonds. The number of aliphatic hydroxyl groups excluding tert-OH is 1. The SMILES string of the molecule is CCCCC/C=C\CC(O)CCCCCCCCC. The van der Waals surface area contributed by atoms with Crippen LogP contribution in [0.4, 0.5) is 0 Å². The molecule has 0 aliphatic rings. The Morgan fingerprint density at radius 3 is 2.00 bits per heavy atom. The van der Waals surface area contributed by atoms with Crippen molar-refractivity contribution in [3.8, 4) is 0 Å². The number of hydrogen-bond donors (Lipinski definition) is 1. The van der Waals surface area contributed by atoms with Gasteiger partial charge in [0.2, 0.25) is 0 Å². The van der Waals surface area contributed by atoms with E-state index in [0.717, 1.165) is 12.8 Å². The molecule has 0 aliphatic carbocycles. The van der Waals surface area contributed by atoms with Gasteiger partial charge in [0.1, 0.15) is 0 Å². The molecule has 0 heterocycles. The summed E-state index contributed by atoms with van der Waals surface area (Å²) in [5.74, 6) is 0. The average Bonchev–Trinajstić information content (AvgIpc) is 2.41. The van der Waals surface area contributed by atoms with E-state index < -0.39 is 0 Å². The quantitative estimate of drug-likeness (QED) is 0.302. The van der Waals surface area contributed by atoms with Gasteiger partial charge < -0.3 is 5.11 Å². The van der Waals surface area contributed by atoms with Gasteiger partial charge >= 0.3 is 0 Å². The Labute approximate surface area is 121 Å². The molecule has 0 radical (unpaired) electrons. The first-order valence-corrected chi connectivity index (χ1v) is 8.64. The minimum Gasteiger partial charge on any atom is -0.393 e. The topological polar surface area (TPSA) is 20.2 Å². The van der Waals surface area contributed by atoms with Crippen LogP contribution in [0.5, 0.6) is 0 Å². The van der Waals surface area contributed by atoms with E-state index in [0.29, 0.717) is 0 Å². The van der Waals surface area contributed by atoms with Crippen LogP contribution in [0.2, 0.25) is 0 Å². The third-order valence-corrected chi connectivity index (χ3v) is 3.69. The van der Waals surface area contributed by atoms with Gasteiger partial charge in [-0.05, 0) is 25.7 Å². The van der Waals surface area contributed by atoms with Gasteiger partial charge in [0.15, 0.2) is 0 Å².